The van der Waals surface area contributed by atoms with Gasteiger partial charge in [-0.25, -0.2) is 0 Å². The van der Waals surface area contributed by atoms with Crippen LogP contribution in [0.5, 0.6) is 0 Å². The molecule has 1 fully saturated rings. The normalized spacial score (nSPS) is 17.6. The number of rotatable bonds is 7. The van der Waals surface area contributed by atoms with Crippen LogP contribution in [-0.4, -0.2) is 40.3 Å². The van der Waals surface area contributed by atoms with Gasteiger partial charge in [0, 0.05) is 32.3 Å². The van der Waals surface area contributed by atoms with E-state index < -0.39 is 0 Å². The van der Waals surface area contributed by atoms with E-state index in [2.05, 4.69) is 28.1 Å². The molecule has 1 unspecified atom stereocenters. The van der Waals surface area contributed by atoms with Gasteiger partial charge in [-0.05, 0) is 44.0 Å². The molecule has 2 aromatic rings. The summed E-state index contributed by atoms with van der Waals surface area (Å²) in [6.45, 7) is 5.36. The van der Waals surface area contributed by atoms with E-state index in [4.69, 9.17) is 0 Å². The van der Waals surface area contributed by atoms with Gasteiger partial charge in [0.05, 0.1) is 11.7 Å². The molecule has 0 saturated carbocycles. The Labute approximate surface area is 150 Å². The maximum Gasteiger partial charge on any atom is 0.224 e. The van der Waals surface area contributed by atoms with Crippen molar-refractivity contribution in [1.29, 1.82) is 0 Å². The van der Waals surface area contributed by atoms with Crippen molar-refractivity contribution in [2.75, 3.05) is 19.6 Å². The SMILES string of the molecule is CCN(Cc1ccccc1)C(=O)CCN1CCCC1c1ccccn1. The first-order chi connectivity index (χ1) is 12.3. The molecule has 0 bridgehead atoms. The average molecular weight is 337 g/mol. The number of aromatic nitrogens is 1. The van der Waals surface area contributed by atoms with Crippen LogP contribution in [0.4, 0.5) is 0 Å². The number of carbonyl (C=O) groups excluding carboxylic acids is 1. The number of benzene rings is 1. The number of amides is 1. The Morgan fingerprint density at radius 3 is 2.72 bits per heavy atom. The fraction of sp³-hybridized carbons (Fsp3) is 0.429. The zero-order valence-electron chi connectivity index (χ0n) is 15.0. The molecule has 3 rings (SSSR count). The van der Waals surface area contributed by atoms with Crippen LogP contribution in [0.2, 0.25) is 0 Å². The minimum absolute atomic E-state index is 0.234. The first-order valence-electron chi connectivity index (χ1n) is 9.24. The highest BCUT2D eigenvalue weighted by molar-refractivity contribution is 5.76. The Morgan fingerprint density at radius 1 is 1.20 bits per heavy atom. The van der Waals surface area contributed by atoms with E-state index in [1.54, 1.807) is 0 Å². The second-order valence-electron chi connectivity index (χ2n) is 6.59. The Kier molecular flexibility index (Phi) is 6.18. The first-order valence-corrected chi connectivity index (χ1v) is 9.24. The molecule has 0 radical (unpaired) electrons. The fourth-order valence-corrected chi connectivity index (χ4v) is 3.58. The summed E-state index contributed by atoms with van der Waals surface area (Å²) in [5, 5.41) is 0. The molecule has 132 valence electrons. The van der Waals surface area contributed by atoms with Crippen molar-refractivity contribution in [2.24, 2.45) is 0 Å². The molecule has 0 aliphatic carbocycles. The summed E-state index contributed by atoms with van der Waals surface area (Å²) in [5.74, 6) is 0.234. The van der Waals surface area contributed by atoms with Crippen LogP contribution >= 0.6 is 0 Å². The molecule has 1 atom stereocenters. The van der Waals surface area contributed by atoms with E-state index in [1.807, 2.05) is 48.4 Å². The van der Waals surface area contributed by atoms with Gasteiger partial charge in [-0.2, -0.15) is 0 Å². The van der Waals surface area contributed by atoms with E-state index in [1.165, 1.54) is 12.0 Å². The monoisotopic (exact) mass is 337 g/mol. The number of hydrogen-bond donors (Lipinski definition) is 0. The molecule has 4 heteroatoms. The van der Waals surface area contributed by atoms with Gasteiger partial charge in [0.15, 0.2) is 0 Å². The molecule has 4 nitrogen and oxygen atoms in total. The molecule has 1 aromatic carbocycles. The molecule has 1 aromatic heterocycles. The molecule has 1 aliphatic rings. The van der Waals surface area contributed by atoms with Crippen LogP contribution in [0, 0.1) is 0 Å². The molecule has 0 N–H and O–H groups in total. The van der Waals surface area contributed by atoms with Crippen LogP contribution in [0.3, 0.4) is 0 Å². The average Bonchev–Trinajstić information content (AvgIpc) is 3.14. The minimum Gasteiger partial charge on any atom is -0.339 e. The molecule has 0 spiro atoms. The first kappa shape index (κ1) is 17.6. The summed E-state index contributed by atoms with van der Waals surface area (Å²) in [7, 11) is 0. The Hall–Kier alpha value is -2.20. The van der Waals surface area contributed by atoms with E-state index in [0.29, 0.717) is 19.0 Å². The number of likely N-dealkylation sites (tertiary alicyclic amines) is 1. The number of carbonyl (C=O) groups is 1. The van der Waals surface area contributed by atoms with Gasteiger partial charge in [0.1, 0.15) is 0 Å². The van der Waals surface area contributed by atoms with E-state index >= 15 is 0 Å². The van der Waals surface area contributed by atoms with Crippen LogP contribution in [-0.2, 0) is 11.3 Å². The molecule has 25 heavy (non-hydrogen) atoms. The number of pyridine rings is 1. The van der Waals surface area contributed by atoms with Gasteiger partial charge in [-0.15, -0.1) is 0 Å². The van der Waals surface area contributed by atoms with Gasteiger partial charge in [-0.1, -0.05) is 36.4 Å². The molecular formula is C21H27N3O. The second kappa shape index (κ2) is 8.77. The Morgan fingerprint density at radius 2 is 2.00 bits per heavy atom. The maximum absolute atomic E-state index is 12.7. The highest BCUT2D eigenvalue weighted by Gasteiger charge is 2.27. The topological polar surface area (TPSA) is 36.4 Å². The van der Waals surface area contributed by atoms with Crippen molar-refractivity contribution < 1.29 is 4.79 Å². The lowest BCUT2D eigenvalue weighted by molar-refractivity contribution is -0.132. The minimum atomic E-state index is 0.234. The molecule has 2 heterocycles. The summed E-state index contributed by atoms with van der Waals surface area (Å²) >= 11 is 0. The van der Waals surface area contributed by atoms with E-state index in [9.17, 15) is 4.79 Å². The zero-order valence-corrected chi connectivity index (χ0v) is 15.0. The molecule has 1 amide bonds. The predicted octanol–water partition coefficient (Wildman–Crippen LogP) is 3.66. The second-order valence-corrected chi connectivity index (χ2v) is 6.59. The van der Waals surface area contributed by atoms with Gasteiger partial charge in [0.25, 0.3) is 0 Å². The number of nitrogens with zero attached hydrogens (tertiary/aromatic N) is 3. The quantitative estimate of drug-likeness (QED) is 0.774. The lowest BCUT2D eigenvalue weighted by Crippen LogP contribution is -2.34. The Bertz CT molecular complexity index is 659. The van der Waals surface area contributed by atoms with Gasteiger partial charge in [-0.3, -0.25) is 14.7 Å². The zero-order chi connectivity index (χ0) is 17.5. The van der Waals surface area contributed by atoms with Crippen molar-refractivity contribution in [3.8, 4) is 0 Å². The fourth-order valence-electron chi connectivity index (χ4n) is 3.58. The molecular weight excluding hydrogens is 310 g/mol. The lowest BCUT2D eigenvalue weighted by atomic mass is 10.1. The summed E-state index contributed by atoms with van der Waals surface area (Å²) in [4.78, 5) is 21.5. The highest BCUT2D eigenvalue weighted by Crippen LogP contribution is 2.30. The van der Waals surface area contributed by atoms with Crippen LogP contribution in [0.25, 0.3) is 0 Å². The third-order valence-corrected chi connectivity index (χ3v) is 4.96. The third kappa shape index (κ3) is 4.67. The van der Waals surface area contributed by atoms with E-state index in [-0.39, 0.29) is 5.91 Å². The Balaban J connectivity index is 1.55. The maximum atomic E-state index is 12.7. The molecule has 1 saturated heterocycles. The van der Waals surface area contributed by atoms with Crippen LogP contribution in [0.15, 0.2) is 54.7 Å². The lowest BCUT2D eigenvalue weighted by Gasteiger charge is -2.26. The standard InChI is InChI=1S/C21H27N3O/c1-2-23(17-18-9-4-3-5-10-18)21(25)13-16-24-15-8-12-20(24)19-11-6-7-14-22-19/h3-7,9-11,14,20H,2,8,12-13,15-17H2,1H3. The van der Waals surface area contributed by atoms with Crippen molar-refractivity contribution in [3.05, 3.63) is 66.0 Å². The van der Waals surface area contributed by atoms with Crippen LogP contribution < -0.4 is 0 Å². The predicted molar refractivity (Wildman–Crippen MR) is 99.9 cm³/mol. The summed E-state index contributed by atoms with van der Waals surface area (Å²) in [6, 6.07) is 16.7. The third-order valence-electron chi connectivity index (χ3n) is 4.96. The van der Waals surface area contributed by atoms with Crippen LogP contribution in [0.1, 0.15) is 43.5 Å². The van der Waals surface area contributed by atoms with Crippen molar-refractivity contribution >= 4 is 5.91 Å². The highest BCUT2D eigenvalue weighted by atomic mass is 16.2. The van der Waals surface area contributed by atoms with Crippen molar-refractivity contribution in [2.45, 2.75) is 38.8 Å². The smallest absolute Gasteiger partial charge is 0.224 e. The summed E-state index contributed by atoms with van der Waals surface area (Å²) < 4.78 is 0. The van der Waals surface area contributed by atoms with Gasteiger partial charge in [0.2, 0.25) is 5.91 Å². The van der Waals surface area contributed by atoms with Crippen molar-refractivity contribution in [1.82, 2.24) is 14.8 Å². The van der Waals surface area contributed by atoms with Crippen molar-refractivity contribution in [3.63, 3.8) is 0 Å². The van der Waals surface area contributed by atoms with Gasteiger partial charge < -0.3 is 4.90 Å². The largest absolute Gasteiger partial charge is 0.339 e. The van der Waals surface area contributed by atoms with E-state index in [0.717, 1.165) is 31.7 Å². The van der Waals surface area contributed by atoms with Gasteiger partial charge >= 0.3 is 0 Å². The molecule has 1 aliphatic heterocycles. The summed E-state index contributed by atoms with van der Waals surface area (Å²) in [6.07, 6.45) is 4.74. The summed E-state index contributed by atoms with van der Waals surface area (Å²) in [5.41, 5.74) is 2.31. The number of hydrogen-bond acceptors (Lipinski definition) is 3.